The first-order valence-corrected chi connectivity index (χ1v) is 38.2. The van der Waals surface area contributed by atoms with Crippen molar-refractivity contribution in [3.8, 4) is 19.5 Å². The van der Waals surface area contributed by atoms with E-state index in [2.05, 4.69) is 161 Å². The van der Waals surface area contributed by atoms with Gasteiger partial charge in [-0.05, 0) is 107 Å². The summed E-state index contributed by atoms with van der Waals surface area (Å²) in [7, 11) is -6.85. The van der Waals surface area contributed by atoms with Crippen molar-refractivity contribution < 1.29 is 0 Å². The summed E-state index contributed by atoms with van der Waals surface area (Å²) in [5.74, 6) is 0. The van der Waals surface area contributed by atoms with E-state index in [4.69, 9.17) is 11.1 Å². The van der Waals surface area contributed by atoms with Gasteiger partial charge < -0.3 is 0 Å². The van der Waals surface area contributed by atoms with Crippen molar-refractivity contribution in [3.63, 3.8) is 0 Å². The van der Waals surface area contributed by atoms with Gasteiger partial charge in [-0.1, -0.05) is 85.1 Å². The van der Waals surface area contributed by atoms with E-state index in [1.54, 1.807) is 40.9 Å². The Bertz CT molecular complexity index is 1570. The van der Waals surface area contributed by atoms with Crippen LogP contribution in [0.5, 0.6) is 0 Å². The Morgan fingerprint density at radius 3 is 1.12 bits per heavy atom. The lowest BCUT2D eigenvalue weighted by molar-refractivity contribution is 1.74. The number of rotatable bonds is 2. The van der Waals surface area contributed by atoms with E-state index in [0.29, 0.717) is 0 Å². The van der Waals surface area contributed by atoms with Crippen LogP contribution in [0.4, 0.5) is 0 Å². The monoisotopic (exact) mass is 1010 g/mol. The second kappa shape index (κ2) is 12.8. The van der Waals surface area contributed by atoms with Crippen LogP contribution >= 0.6 is 120 Å². The zero-order chi connectivity index (χ0) is 32.8. The fourth-order valence-corrected chi connectivity index (χ4v) is 36.2. The predicted molar refractivity (Wildman–Crippen MR) is 235 cm³/mol. The lowest BCUT2D eigenvalue weighted by Gasteiger charge is -2.29. The van der Waals surface area contributed by atoms with Gasteiger partial charge in [-0.25, -0.2) is 0 Å². The second-order valence-electron chi connectivity index (χ2n) is 15.3. The number of hydrogen-bond acceptors (Lipinski definition) is 4. The van der Waals surface area contributed by atoms with Crippen LogP contribution in [0.1, 0.15) is 0 Å². The van der Waals surface area contributed by atoms with Gasteiger partial charge >= 0.3 is 0 Å². The summed E-state index contributed by atoms with van der Waals surface area (Å²) >= 11 is 28.5. The molecule has 0 nitrogen and oxygen atoms in total. The molecule has 236 valence electrons. The number of fused-ring (bicyclic) bond motifs is 6. The van der Waals surface area contributed by atoms with Crippen LogP contribution in [-0.2, 0) is 0 Å². The maximum Gasteiger partial charge on any atom is 0.147 e. The fraction of sp³-hybridized carbons (Fsp3) is 0.448. The van der Waals surface area contributed by atoms with Gasteiger partial charge in [0, 0.05) is 19.5 Å². The largest absolute Gasteiger partial charge is 0.168 e. The molecule has 2 aliphatic rings. The average Bonchev–Trinajstić information content (AvgIpc) is 3.57. The maximum absolute atomic E-state index is 5.67. The highest BCUT2D eigenvalue weighted by atomic mass is 79.9. The molecule has 0 fully saturated rings. The zero-order valence-electron chi connectivity index (χ0n) is 27.2. The highest BCUT2D eigenvalue weighted by Gasteiger charge is 2.49. The summed E-state index contributed by atoms with van der Waals surface area (Å²) in [5.41, 5.74) is 0. The molecule has 0 saturated heterocycles. The number of thiophene rings is 4. The second-order valence-corrected chi connectivity index (χ2v) is 51.0. The molecule has 0 bridgehead atoms. The van der Waals surface area contributed by atoms with Crippen molar-refractivity contribution in [3.05, 3.63) is 27.3 Å². The Labute approximate surface area is 318 Å². The summed E-state index contributed by atoms with van der Waals surface area (Å²) in [6, 6.07) is 4.65. The van der Waals surface area contributed by atoms with Crippen LogP contribution in [0.25, 0.3) is 19.5 Å². The van der Waals surface area contributed by atoms with Gasteiger partial charge in [0.05, 0.1) is 31.3 Å². The lowest BCUT2D eigenvalue weighted by atomic mass is 10.4. The molecule has 2 aliphatic heterocycles. The van der Waals surface area contributed by atoms with Gasteiger partial charge in [0.15, 0.2) is 0 Å². The molecule has 0 aromatic carbocycles. The normalized spacial score (nSPS) is 16.0. The molecule has 43 heavy (non-hydrogen) atoms. The third-order valence-corrected chi connectivity index (χ3v) is 28.3. The molecule has 0 N–H and O–H groups in total. The van der Waals surface area contributed by atoms with Crippen LogP contribution in [0.15, 0.2) is 27.3 Å². The van der Waals surface area contributed by atoms with Crippen LogP contribution < -0.4 is 31.1 Å². The highest BCUT2D eigenvalue weighted by Crippen LogP contribution is 2.43. The predicted octanol–water partition coefficient (Wildman–Crippen LogP) is 11.4. The average molecular weight is 1010 g/mol. The SMILES string of the molecule is C[Si](C)(C)Cl.C[Si](C)(C)c1c(Br)sc2c1[Si](C)(C)c1c-2sc(Br)c1[Si](C)(C)C.C[Si]1(C)c2cc(Br)sc2-c2sc(Br)cc21. The van der Waals surface area contributed by atoms with Gasteiger partial charge in [0.25, 0.3) is 0 Å². The summed E-state index contributed by atoms with van der Waals surface area (Å²) < 4.78 is 5.35. The first-order chi connectivity index (χ1) is 19.3. The third kappa shape index (κ3) is 7.50. The van der Waals surface area contributed by atoms with Crippen molar-refractivity contribution in [2.45, 2.75) is 85.1 Å². The molecule has 0 amide bonds. The van der Waals surface area contributed by atoms with Crippen LogP contribution in [0.3, 0.4) is 0 Å². The molecule has 0 unspecified atom stereocenters. The van der Waals surface area contributed by atoms with Crippen LogP contribution in [0.2, 0.25) is 85.1 Å². The van der Waals surface area contributed by atoms with Crippen LogP contribution in [0, 0.1) is 0 Å². The van der Waals surface area contributed by atoms with E-state index >= 15 is 0 Å². The minimum absolute atomic E-state index is 1.14. The van der Waals surface area contributed by atoms with Crippen molar-refractivity contribution in [2.75, 3.05) is 0 Å². The Hall–Kier alpha value is 2.09. The van der Waals surface area contributed by atoms with Crippen molar-refractivity contribution >= 4 is 191 Å². The molecular weight excluding hydrogens is 972 g/mol. The van der Waals surface area contributed by atoms with E-state index in [-0.39, 0.29) is 0 Å². The Morgan fingerprint density at radius 2 is 0.837 bits per heavy atom. The molecule has 0 spiro atoms. The molecule has 4 aromatic rings. The molecule has 0 saturated carbocycles. The van der Waals surface area contributed by atoms with Gasteiger partial charge in [-0.2, -0.15) is 11.1 Å². The standard InChI is InChI=1S/C16H24Br2S2Si3.C10H8Br2S2Si.C3H9ClSi/c1-21(2,3)13-11-9(19-15(13)17)10-12(23(11,7)8)14(16(18)20-10)22(4,5)6;1-15(2)5-3-7(11)13-9(5)10-6(15)4-8(12)14-10;1-5(2,3)4/h1-8H3;3-4H,1-2H3;1-3H3. The van der Waals surface area contributed by atoms with Gasteiger partial charge in [-0.15, -0.1) is 45.3 Å². The van der Waals surface area contributed by atoms with Crippen molar-refractivity contribution in [2.24, 2.45) is 0 Å². The minimum Gasteiger partial charge on any atom is -0.168 e. The topological polar surface area (TPSA) is 0 Å². The number of hydrogen-bond donors (Lipinski definition) is 0. The quantitative estimate of drug-likeness (QED) is 0.139. The molecule has 0 radical (unpaired) electrons. The van der Waals surface area contributed by atoms with Crippen molar-refractivity contribution in [1.29, 1.82) is 0 Å². The summed E-state index contributed by atoms with van der Waals surface area (Å²) in [6.07, 6.45) is 0. The Morgan fingerprint density at radius 1 is 0.535 bits per heavy atom. The Balaban J connectivity index is 0.000000181. The fourth-order valence-electron chi connectivity index (χ4n) is 5.92. The maximum atomic E-state index is 5.67. The summed E-state index contributed by atoms with van der Waals surface area (Å²) in [6.45, 7) is 31.3. The molecule has 6 heterocycles. The van der Waals surface area contributed by atoms with E-state index in [1.165, 1.54) is 24.9 Å². The van der Waals surface area contributed by atoms with Crippen molar-refractivity contribution in [1.82, 2.24) is 0 Å². The van der Waals surface area contributed by atoms with Gasteiger partial charge in [0.1, 0.15) is 23.5 Å². The minimum atomic E-state index is -1.62. The Kier molecular flexibility index (Phi) is 11.3. The molecule has 4 aromatic heterocycles. The summed E-state index contributed by atoms with van der Waals surface area (Å²) in [5, 5.41) is 10.1. The highest BCUT2D eigenvalue weighted by molar-refractivity contribution is 9.11. The van der Waals surface area contributed by atoms with E-state index in [0.717, 1.165) is 0 Å². The van der Waals surface area contributed by atoms with Crippen LogP contribution in [-0.4, -0.2) is 39.7 Å². The molecular formula is C29H41Br4ClS4Si5. The smallest absolute Gasteiger partial charge is 0.147 e. The zero-order valence-corrected chi connectivity index (χ0v) is 42.5. The van der Waals surface area contributed by atoms with Gasteiger partial charge in [0.2, 0.25) is 0 Å². The molecule has 6 rings (SSSR count). The molecule has 14 heteroatoms. The third-order valence-electron chi connectivity index (χ3n) is 7.64. The van der Waals surface area contributed by atoms with Gasteiger partial charge in [-0.3, -0.25) is 0 Å². The summed E-state index contributed by atoms with van der Waals surface area (Å²) in [4.78, 5) is 6.20. The first kappa shape index (κ1) is 37.9. The molecule has 0 atom stereocenters. The number of halogens is 5. The van der Waals surface area contributed by atoms with E-state index < -0.39 is 39.7 Å². The lowest BCUT2D eigenvalue weighted by Crippen LogP contribution is -2.64. The van der Waals surface area contributed by atoms with E-state index in [9.17, 15) is 0 Å². The first-order valence-electron chi connectivity index (χ1n) is 14.2. The molecule has 0 aliphatic carbocycles. The van der Waals surface area contributed by atoms with E-state index in [1.807, 2.05) is 45.3 Å².